The molecule has 24 heavy (non-hydrogen) atoms. The third kappa shape index (κ3) is 8.84. The number of hydrogen-bond acceptors (Lipinski definition) is 4. The Kier molecular flexibility index (Phi) is 8.99. The largest absolute Gasteiger partial charge is 0.336 e. The Morgan fingerprint density at radius 3 is 2.12 bits per heavy atom. The monoisotopic (exact) mass is 360 g/mol. The number of carbonyl (C=O) groups is 2. The van der Waals surface area contributed by atoms with Crippen LogP contribution in [0, 0.1) is 5.92 Å². The first kappa shape index (κ1) is 21.2. The van der Waals surface area contributed by atoms with Gasteiger partial charge in [0.15, 0.2) is 0 Å². The molecule has 7 heteroatoms. The third-order valence-corrected chi connectivity index (χ3v) is 5.61. The van der Waals surface area contributed by atoms with Crippen molar-refractivity contribution >= 4 is 19.0 Å². The zero-order valence-electron chi connectivity index (χ0n) is 15.4. The number of likely N-dealkylation sites (N-methyl/N-ethyl adjacent to an activating group) is 1. The summed E-state index contributed by atoms with van der Waals surface area (Å²) in [6.45, 7) is 3.23. The summed E-state index contributed by atoms with van der Waals surface area (Å²) < 4.78 is 11.7. The first-order valence-electron chi connectivity index (χ1n) is 8.96. The van der Waals surface area contributed by atoms with Crippen LogP contribution >= 0.6 is 7.14 Å². The Labute approximate surface area is 145 Å². The van der Waals surface area contributed by atoms with Gasteiger partial charge in [0.2, 0.25) is 5.91 Å². The Bertz CT molecular complexity index is 456. The normalized spacial score (nSPS) is 17.0. The van der Waals surface area contributed by atoms with Crippen molar-refractivity contribution in [3.63, 3.8) is 0 Å². The van der Waals surface area contributed by atoms with Crippen LogP contribution in [0.3, 0.4) is 0 Å². The minimum Gasteiger partial charge on any atom is -0.336 e. The van der Waals surface area contributed by atoms with Gasteiger partial charge in [0, 0.05) is 13.6 Å². The van der Waals surface area contributed by atoms with E-state index in [0.717, 1.165) is 11.5 Å². The van der Waals surface area contributed by atoms with Gasteiger partial charge < -0.3 is 9.46 Å². The smallest absolute Gasteiger partial charge is 0.265 e. The molecule has 0 aromatic rings. The molecule has 0 aromatic heterocycles. The van der Waals surface area contributed by atoms with Crippen molar-refractivity contribution in [3.8, 4) is 0 Å². The molecule has 2 amide bonds. The van der Waals surface area contributed by atoms with Crippen molar-refractivity contribution in [2.75, 3.05) is 39.6 Å². The van der Waals surface area contributed by atoms with Crippen LogP contribution in [0.2, 0.25) is 0 Å². The lowest BCUT2D eigenvalue weighted by Gasteiger charge is -2.24. The average Bonchev–Trinajstić information content (AvgIpc) is 2.43. The molecule has 0 aromatic carbocycles. The van der Waals surface area contributed by atoms with Gasteiger partial charge in [-0.15, -0.1) is 0 Å². The van der Waals surface area contributed by atoms with Gasteiger partial charge in [-0.3, -0.25) is 14.8 Å². The number of hydroxylamine groups is 2. The molecule has 1 rings (SSSR count). The molecule has 1 aliphatic rings. The maximum absolute atomic E-state index is 12.0. The molecule has 0 saturated heterocycles. The van der Waals surface area contributed by atoms with Gasteiger partial charge in [-0.05, 0) is 25.7 Å². The molecule has 0 atom stereocenters. The van der Waals surface area contributed by atoms with Crippen LogP contribution in [0.15, 0.2) is 0 Å². The van der Waals surface area contributed by atoms with Crippen LogP contribution in [-0.2, 0) is 14.2 Å². The van der Waals surface area contributed by atoms with Gasteiger partial charge in [0.05, 0.1) is 13.3 Å². The molecule has 0 aliphatic heterocycles. The fourth-order valence-corrected chi connectivity index (χ4v) is 3.97. The van der Waals surface area contributed by atoms with Crippen LogP contribution in [0.25, 0.3) is 0 Å². The van der Waals surface area contributed by atoms with Gasteiger partial charge >= 0.3 is 0 Å². The van der Waals surface area contributed by atoms with E-state index in [1.165, 1.54) is 56.9 Å². The molecule has 1 fully saturated rings. The Balaban J connectivity index is 2.35. The Morgan fingerprint density at radius 1 is 1.04 bits per heavy atom. The second-order valence-corrected chi connectivity index (χ2v) is 11.0. The molecule has 0 unspecified atom stereocenters. The molecule has 1 N–H and O–H groups in total. The van der Waals surface area contributed by atoms with E-state index in [9.17, 15) is 19.4 Å². The molecule has 0 heterocycles. The highest BCUT2D eigenvalue weighted by Crippen LogP contribution is 2.35. The predicted molar refractivity (Wildman–Crippen MR) is 95.9 cm³/mol. The summed E-state index contributed by atoms with van der Waals surface area (Å²) in [5.41, 5.74) is 0. The van der Waals surface area contributed by atoms with E-state index in [1.54, 1.807) is 13.3 Å². The van der Waals surface area contributed by atoms with Crippen LogP contribution in [0.5, 0.6) is 0 Å². The van der Waals surface area contributed by atoms with E-state index in [-0.39, 0.29) is 18.6 Å². The fourth-order valence-electron chi connectivity index (χ4n) is 3.08. The first-order valence-corrected chi connectivity index (χ1v) is 11.7. The average molecular weight is 360 g/mol. The third-order valence-electron chi connectivity index (χ3n) is 4.58. The SMILES string of the molecule is CN(CC(=O)N(O)CCC1CCCCCCC1)C(=O)CP(C)(C)=O. The lowest BCUT2D eigenvalue weighted by atomic mass is 9.89. The molecule has 1 saturated carbocycles. The zero-order valence-corrected chi connectivity index (χ0v) is 16.3. The molecule has 140 valence electrons. The van der Waals surface area contributed by atoms with E-state index in [1.807, 2.05) is 0 Å². The van der Waals surface area contributed by atoms with Crippen LogP contribution in [-0.4, -0.2) is 66.6 Å². The quantitative estimate of drug-likeness (QED) is 0.430. The number of nitrogens with zero attached hydrogens (tertiary/aromatic N) is 2. The highest BCUT2D eigenvalue weighted by Gasteiger charge is 2.22. The van der Waals surface area contributed by atoms with E-state index >= 15 is 0 Å². The molecule has 0 bridgehead atoms. The maximum atomic E-state index is 12.0. The standard InChI is InChI=1S/C17H33N2O4P/c1-18(17(21)14-24(2,3)23)13-16(20)19(22)12-11-15-9-7-5-4-6-8-10-15/h15,22H,4-14H2,1-3H3. The molecular weight excluding hydrogens is 327 g/mol. The van der Waals surface area contributed by atoms with E-state index in [0.29, 0.717) is 12.5 Å². The minimum absolute atomic E-state index is 0.0513. The molecule has 0 spiro atoms. The van der Waals surface area contributed by atoms with Gasteiger partial charge in [-0.1, -0.05) is 44.9 Å². The van der Waals surface area contributed by atoms with Crippen LogP contribution in [0.1, 0.15) is 51.4 Å². The van der Waals surface area contributed by atoms with E-state index in [2.05, 4.69) is 0 Å². The number of carbonyl (C=O) groups excluding carboxylic acids is 2. The molecule has 1 aliphatic carbocycles. The van der Waals surface area contributed by atoms with Gasteiger partial charge in [0.25, 0.3) is 5.91 Å². The summed E-state index contributed by atoms with van der Waals surface area (Å²) in [6.07, 6.45) is 9.44. The summed E-state index contributed by atoms with van der Waals surface area (Å²) in [4.78, 5) is 25.2. The van der Waals surface area contributed by atoms with Crippen molar-refractivity contribution < 1.29 is 19.4 Å². The molecular formula is C17H33N2O4P. The Hall–Kier alpha value is -0.870. The summed E-state index contributed by atoms with van der Waals surface area (Å²) in [5.74, 6) is -0.248. The highest BCUT2D eigenvalue weighted by molar-refractivity contribution is 7.63. The zero-order chi connectivity index (χ0) is 18.2. The topological polar surface area (TPSA) is 77.9 Å². The second kappa shape index (κ2) is 10.2. The van der Waals surface area contributed by atoms with Crippen LogP contribution in [0.4, 0.5) is 0 Å². The maximum Gasteiger partial charge on any atom is 0.265 e. The van der Waals surface area contributed by atoms with E-state index < -0.39 is 13.0 Å². The summed E-state index contributed by atoms with van der Waals surface area (Å²) >= 11 is 0. The number of rotatable bonds is 7. The second-order valence-electron chi connectivity index (χ2n) is 7.50. The summed E-state index contributed by atoms with van der Waals surface area (Å²) in [6, 6.07) is 0. The van der Waals surface area contributed by atoms with E-state index in [4.69, 9.17) is 0 Å². The van der Waals surface area contributed by atoms with Gasteiger partial charge in [-0.25, -0.2) is 5.06 Å². The van der Waals surface area contributed by atoms with Crippen molar-refractivity contribution in [1.82, 2.24) is 9.96 Å². The molecule has 6 nitrogen and oxygen atoms in total. The number of hydrogen-bond donors (Lipinski definition) is 1. The predicted octanol–water partition coefficient (Wildman–Crippen LogP) is 3.04. The first-order chi connectivity index (χ1) is 11.2. The minimum atomic E-state index is -2.46. The van der Waals surface area contributed by atoms with Crippen molar-refractivity contribution in [2.24, 2.45) is 5.92 Å². The van der Waals surface area contributed by atoms with Gasteiger partial charge in [-0.2, -0.15) is 0 Å². The van der Waals surface area contributed by atoms with Gasteiger partial charge in [0.1, 0.15) is 6.54 Å². The van der Waals surface area contributed by atoms with Crippen LogP contribution < -0.4 is 0 Å². The highest BCUT2D eigenvalue weighted by atomic mass is 31.2. The fraction of sp³-hybridized carbons (Fsp3) is 0.882. The van der Waals surface area contributed by atoms with Crippen molar-refractivity contribution in [2.45, 2.75) is 51.4 Å². The summed E-state index contributed by atoms with van der Waals surface area (Å²) in [5, 5.41) is 10.7. The van der Waals surface area contributed by atoms with Crippen molar-refractivity contribution in [1.29, 1.82) is 0 Å². The Morgan fingerprint density at radius 2 is 1.58 bits per heavy atom. The summed E-state index contributed by atoms with van der Waals surface area (Å²) in [7, 11) is -0.962. The van der Waals surface area contributed by atoms with Crippen molar-refractivity contribution in [3.05, 3.63) is 0 Å². The lowest BCUT2D eigenvalue weighted by Crippen LogP contribution is -2.41. The lowest BCUT2D eigenvalue weighted by molar-refractivity contribution is -0.168. The molecule has 0 radical (unpaired) electrons. The number of amides is 2.